The molecule has 2 N–H and O–H groups in total. The van der Waals surface area contributed by atoms with Crippen LogP contribution in [0.25, 0.3) is 0 Å². The molecule has 1 saturated carbocycles. The van der Waals surface area contributed by atoms with E-state index in [2.05, 4.69) is 5.32 Å². The number of hydrogen-bond acceptors (Lipinski definition) is 5. The quantitative estimate of drug-likeness (QED) is 0.606. The van der Waals surface area contributed by atoms with Gasteiger partial charge in [-0.25, -0.2) is 9.59 Å². The molecule has 1 saturated heterocycles. The van der Waals surface area contributed by atoms with Gasteiger partial charge in [0.15, 0.2) is 0 Å². The van der Waals surface area contributed by atoms with E-state index < -0.39 is 6.09 Å². The van der Waals surface area contributed by atoms with Crippen molar-refractivity contribution in [3.8, 4) is 0 Å². The standard InChI is InChI=1S/C19H27N3O5/c23-18(26-13-16-7-11-22(25)12-8-16)20-17-5-3-15(4-6-17)14-27-19(24)21-9-1-2-10-21/h7-8,11-12,15,17H,1-6,9-10,13-14H2,(H-,20,23,25)/p+1. The zero-order valence-electron chi connectivity index (χ0n) is 15.5. The van der Waals surface area contributed by atoms with Gasteiger partial charge in [-0.05, 0) is 44.4 Å². The van der Waals surface area contributed by atoms with Crippen LogP contribution in [0, 0.1) is 5.92 Å². The van der Waals surface area contributed by atoms with E-state index in [-0.39, 0.29) is 18.7 Å². The van der Waals surface area contributed by atoms with Gasteiger partial charge in [-0.15, -0.1) is 0 Å². The van der Waals surface area contributed by atoms with Crippen LogP contribution >= 0.6 is 0 Å². The van der Waals surface area contributed by atoms with Gasteiger partial charge in [-0.3, -0.25) is 5.21 Å². The zero-order chi connectivity index (χ0) is 19.1. The van der Waals surface area contributed by atoms with E-state index in [1.54, 1.807) is 17.0 Å². The van der Waals surface area contributed by atoms with Crippen LogP contribution in [0.15, 0.2) is 24.5 Å². The molecular formula is C19H28N3O5+. The summed E-state index contributed by atoms with van der Waals surface area (Å²) in [6, 6.07) is 3.46. The number of hydrogen-bond donors (Lipinski definition) is 2. The summed E-state index contributed by atoms with van der Waals surface area (Å²) in [6.07, 6.45) is 8.03. The smallest absolute Gasteiger partial charge is 0.409 e. The van der Waals surface area contributed by atoms with E-state index >= 15 is 0 Å². The van der Waals surface area contributed by atoms with Crippen LogP contribution in [0.1, 0.15) is 44.1 Å². The normalized spacial score (nSPS) is 22.3. The number of nitrogens with one attached hydrogen (secondary N) is 1. The summed E-state index contributed by atoms with van der Waals surface area (Å²) in [4.78, 5) is 25.6. The van der Waals surface area contributed by atoms with E-state index in [1.165, 1.54) is 12.4 Å². The largest absolute Gasteiger partial charge is 0.449 e. The van der Waals surface area contributed by atoms with Crippen LogP contribution in [0.2, 0.25) is 0 Å². The van der Waals surface area contributed by atoms with Crippen LogP contribution in [0.3, 0.4) is 0 Å². The Morgan fingerprint density at radius 3 is 2.44 bits per heavy atom. The second-order valence-corrected chi connectivity index (χ2v) is 7.30. The fourth-order valence-corrected chi connectivity index (χ4v) is 3.56. The van der Waals surface area contributed by atoms with Crippen molar-refractivity contribution in [2.24, 2.45) is 5.92 Å². The van der Waals surface area contributed by atoms with Crippen molar-refractivity contribution in [3.05, 3.63) is 30.1 Å². The van der Waals surface area contributed by atoms with Crippen LogP contribution in [0.4, 0.5) is 9.59 Å². The first-order chi connectivity index (χ1) is 13.1. The van der Waals surface area contributed by atoms with Gasteiger partial charge in [-0.2, -0.15) is 0 Å². The molecule has 0 bridgehead atoms. The summed E-state index contributed by atoms with van der Waals surface area (Å²) >= 11 is 0. The Kier molecular flexibility index (Phi) is 6.73. The Labute approximate surface area is 159 Å². The molecule has 0 atom stereocenters. The van der Waals surface area contributed by atoms with E-state index in [1.807, 2.05) is 0 Å². The van der Waals surface area contributed by atoms with Crippen LogP contribution in [-0.2, 0) is 16.1 Å². The maximum Gasteiger partial charge on any atom is 0.409 e. The number of rotatable bonds is 5. The number of amides is 2. The summed E-state index contributed by atoms with van der Waals surface area (Å²) in [6.45, 7) is 2.24. The molecule has 3 rings (SSSR count). The van der Waals surface area contributed by atoms with E-state index in [0.717, 1.165) is 61.9 Å². The van der Waals surface area contributed by atoms with Crippen molar-refractivity contribution in [3.63, 3.8) is 0 Å². The number of nitrogens with zero attached hydrogens (tertiary/aromatic N) is 2. The first kappa shape index (κ1) is 19.3. The Bertz CT molecular complexity index is 623. The third-order valence-electron chi connectivity index (χ3n) is 5.23. The first-order valence-corrected chi connectivity index (χ1v) is 9.64. The minimum Gasteiger partial charge on any atom is -0.449 e. The second kappa shape index (κ2) is 9.43. The molecule has 1 aromatic heterocycles. The average molecular weight is 378 g/mol. The zero-order valence-corrected chi connectivity index (χ0v) is 15.5. The van der Waals surface area contributed by atoms with Crippen molar-refractivity contribution in [1.29, 1.82) is 0 Å². The average Bonchev–Trinajstić information content (AvgIpc) is 3.22. The molecule has 2 heterocycles. The highest BCUT2D eigenvalue weighted by Gasteiger charge is 2.25. The van der Waals surface area contributed by atoms with Gasteiger partial charge in [0.25, 0.3) is 0 Å². The van der Waals surface area contributed by atoms with Crippen molar-refractivity contribution >= 4 is 12.2 Å². The topological polar surface area (TPSA) is 92.0 Å². The predicted octanol–water partition coefficient (Wildman–Crippen LogP) is 2.23. The molecule has 8 nitrogen and oxygen atoms in total. The molecule has 2 amide bonds. The minimum atomic E-state index is -0.431. The maximum absolute atomic E-state index is 11.9. The fourth-order valence-electron chi connectivity index (χ4n) is 3.56. The summed E-state index contributed by atoms with van der Waals surface area (Å²) < 4.78 is 11.6. The number of aromatic nitrogens is 1. The molecule has 2 fully saturated rings. The molecule has 8 heteroatoms. The lowest BCUT2D eigenvalue weighted by Gasteiger charge is -2.29. The van der Waals surface area contributed by atoms with Gasteiger partial charge in [0.2, 0.25) is 12.4 Å². The summed E-state index contributed by atoms with van der Waals surface area (Å²) in [5.41, 5.74) is 0.805. The van der Waals surface area contributed by atoms with Crippen molar-refractivity contribution in [1.82, 2.24) is 10.2 Å². The molecule has 2 aliphatic rings. The number of alkyl carbamates (subject to hydrolysis) is 1. The van der Waals surface area contributed by atoms with Crippen LogP contribution < -0.4 is 10.0 Å². The number of carbonyl (C=O) groups is 2. The number of pyridine rings is 1. The SMILES string of the molecule is O=C(NC1CCC(COC(=O)N2CCCC2)CC1)OCc1cc[n+](O)cc1. The van der Waals surface area contributed by atoms with Gasteiger partial charge in [-0.1, -0.05) is 0 Å². The maximum atomic E-state index is 11.9. The number of likely N-dealkylation sites (tertiary alicyclic amines) is 1. The van der Waals surface area contributed by atoms with Gasteiger partial charge >= 0.3 is 12.2 Å². The van der Waals surface area contributed by atoms with Crippen molar-refractivity contribution in [2.75, 3.05) is 19.7 Å². The predicted molar refractivity (Wildman–Crippen MR) is 95.0 cm³/mol. The molecule has 1 aliphatic heterocycles. The molecule has 1 aromatic rings. The van der Waals surface area contributed by atoms with Crippen molar-refractivity contribution < 1.29 is 29.0 Å². The molecule has 0 unspecified atom stereocenters. The fraction of sp³-hybridized carbons (Fsp3) is 0.632. The van der Waals surface area contributed by atoms with E-state index in [0.29, 0.717) is 12.5 Å². The Morgan fingerprint density at radius 1 is 1.11 bits per heavy atom. The Morgan fingerprint density at radius 2 is 1.78 bits per heavy atom. The Balaban J connectivity index is 1.30. The third kappa shape index (κ3) is 6.01. The van der Waals surface area contributed by atoms with Gasteiger partial charge < -0.3 is 19.7 Å². The lowest BCUT2D eigenvalue weighted by atomic mass is 9.86. The first-order valence-electron chi connectivity index (χ1n) is 9.64. The second-order valence-electron chi connectivity index (χ2n) is 7.30. The molecule has 148 valence electrons. The minimum absolute atomic E-state index is 0.0957. The molecule has 0 radical (unpaired) electrons. The highest BCUT2D eigenvalue weighted by molar-refractivity contribution is 5.68. The highest BCUT2D eigenvalue weighted by Crippen LogP contribution is 2.25. The number of ether oxygens (including phenoxy) is 2. The van der Waals surface area contributed by atoms with Crippen LogP contribution in [0.5, 0.6) is 0 Å². The molecule has 1 aliphatic carbocycles. The van der Waals surface area contributed by atoms with Crippen LogP contribution in [-0.4, -0.2) is 48.0 Å². The monoisotopic (exact) mass is 378 g/mol. The lowest BCUT2D eigenvalue weighted by Crippen LogP contribution is -2.39. The van der Waals surface area contributed by atoms with Gasteiger partial charge in [0, 0.05) is 41.6 Å². The number of carbonyl (C=O) groups excluding carboxylic acids is 2. The molecule has 27 heavy (non-hydrogen) atoms. The third-order valence-corrected chi connectivity index (χ3v) is 5.23. The molecule has 0 aromatic carbocycles. The summed E-state index contributed by atoms with van der Waals surface area (Å²) in [5, 5.41) is 12.1. The lowest BCUT2D eigenvalue weighted by molar-refractivity contribution is -0.904. The Hall–Kier alpha value is -2.51. The molecular weight excluding hydrogens is 350 g/mol. The van der Waals surface area contributed by atoms with Gasteiger partial charge in [0.1, 0.15) is 6.61 Å². The molecule has 0 spiro atoms. The highest BCUT2D eigenvalue weighted by atomic mass is 16.6. The van der Waals surface area contributed by atoms with E-state index in [9.17, 15) is 9.59 Å². The van der Waals surface area contributed by atoms with Gasteiger partial charge in [0.05, 0.1) is 6.61 Å². The summed E-state index contributed by atoms with van der Waals surface area (Å²) in [5.74, 6) is 0.361. The van der Waals surface area contributed by atoms with E-state index in [4.69, 9.17) is 14.7 Å². The van der Waals surface area contributed by atoms with Crippen molar-refractivity contribution in [2.45, 2.75) is 51.2 Å². The summed E-state index contributed by atoms with van der Waals surface area (Å²) in [7, 11) is 0.